The third kappa shape index (κ3) is 2.62. The van der Waals surface area contributed by atoms with Gasteiger partial charge in [0.25, 0.3) is 0 Å². The second-order valence-corrected chi connectivity index (χ2v) is 5.52. The number of anilines is 1. The van der Waals surface area contributed by atoms with Gasteiger partial charge in [-0.1, -0.05) is 30.3 Å². The molecule has 0 unspecified atom stereocenters. The highest BCUT2D eigenvalue weighted by Crippen LogP contribution is 2.36. The van der Waals surface area contributed by atoms with E-state index >= 15 is 0 Å². The summed E-state index contributed by atoms with van der Waals surface area (Å²) in [6.07, 6.45) is 1.54. The molecule has 106 valence electrons. The maximum atomic E-state index is 13.1. The molecule has 0 saturated carbocycles. The number of benzene rings is 2. The number of nitriles is 1. The minimum Gasteiger partial charge on any atom is -0.371 e. The van der Waals surface area contributed by atoms with E-state index < -0.39 is 5.41 Å². The molecule has 21 heavy (non-hydrogen) atoms. The first kappa shape index (κ1) is 13.6. The largest absolute Gasteiger partial charge is 0.371 e. The SMILES string of the molecule is N#CC1(c2ccc(F)cc2)CCN(c2ccccc2)CC1. The summed E-state index contributed by atoms with van der Waals surface area (Å²) >= 11 is 0. The van der Waals surface area contributed by atoms with Crippen LogP contribution in [0.5, 0.6) is 0 Å². The average Bonchev–Trinajstić information content (AvgIpc) is 2.56. The third-order valence-corrected chi connectivity index (χ3v) is 4.35. The highest BCUT2D eigenvalue weighted by molar-refractivity contribution is 5.48. The van der Waals surface area contributed by atoms with Crippen LogP contribution in [0.25, 0.3) is 0 Å². The van der Waals surface area contributed by atoms with E-state index in [0.29, 0.717) is 0 Å². The summed E-state index contributed by atoms with van der Waals surface area (Å²) in [5, 5.41) is 9.66. The molecule has 2 nitrogen and oxygen atoms in total. The van der Waals surface area contributed by atoms with Crippen molar-refractivity contribution in [1.29, 1.82) is 5.26 Å². The Morgan fingerprint density at radius 2 is 1.57 bits per heavy atom. The quantitative estimate of drug-likeness (QED) is 0.834. The maximum Gasteiger partial charge on any atom is 0.123 e. The molecular weight excluding hydrogens is 263 g/mol. The molecule has 0 N–H and O–H groups in total. The van der Waals surface area contributed by atoms with E-state index in [0.717, 1.165) is 31.5 Å². The molecule has 2 aromatic rings. The molecule has 0 aliphatic carbocycles. The van der Waals surface area contributed by atoms with Crippen molar-refractivity contribution in [3.63, 3.8) is 0 Å². The zero-order valence-electron chi connectivity index (χ0n) is 11.8. The molecule has 1 aliphatic rings. The van der Waals surface area contributed by atoms with E-state index in [1.165, 1.54) is 17.8 Å². The lowest BCUT2D eigenvalue weighted by Crippen LogP contribution is -2.42. The van der Waals surface area contributed by atoms with Crippen LogP contribution in [-0.2, 0) is 5.41 Å². The van der Waals surface area contributed by atoms with Gasteiger partial charge in [-0.3, -0.25) is 0 Å². The minimum absolute atomic E-state index is 0.256. The molecule has 1 aliphatic heterocycles. The number of hydrogen-bond acceptors (Lipinski definition) is 2. The minimum atomic E-state index is -0.487. The van der Waals surface area contributed by atoms with E-state index in [9.17, 15) is 9.65 Å². The van der Waals surface area contributed by atoms with Crippen molar-refractivity contribution in [1.82, 2.24) is 0 Å². The van der Waals surface area contributed by atoms with Gasteiger partial charge >= 0.3 is 0 Å². The summed E-state index contributed by atoms with van der Waals surface area (Å²) in [6, 6.07) is 19.1. The number of nitrogens with zero attached hydrogens (tertiary/aromatic N) is 2. The van der Waals surface area contributed by atoms with E-state index in [1.54, 1.807) is 12.1 Å². The van der Waals surface area contributed by atoms with E-state index in [2.05, 4.69) is 23.1 Å². The summed E-state index contributed by atoms with van der Waals surface area (Å²) in [5.74, 6) is -0.256. The lowest BCUT2D eigenvalue weighted by atomic mass is 9.74. The smallest absolute Gasteiger partial charge is 0.123 e. The van der Waals surface area contributed by atoms with Gasteiger partial charge in [-0.15, -0.1) is 0 Å². The van der Waals surface area contributed by atoms with Crippen LogP contribution in [0.4, 0.5) is 10.1 Å². The van der Waals surface area contributed by atoms with Gasteiger partial charge in [0, 0.05) is 18.8 Å². The van der Waals surface area contributed by atoms with Crippen LogP contribution in [0.2, 0.25) is 0 Å². The maximum absolute atomic E-state index is 13.1. The van der Waals surface area contributed by atoms with E-state index in [1.807, 2.05) is 18.2 Å². The highest BCUT2D eigenvalue weighted by atomic mass is 19.1. The van der Waals surface area contributed by atoms with Crippen molar-refractivity contribution in [3.05, 3.63) is 66.0 Å². The first-order valence-corrected chi connectivity index (χ1v) is 7.21. The number of para-hydroxylation sites is 1. The summed E-state index contributed by atoms with van der Waals surface area (Å²) in [7, 11) is 0. The van der Waals surface area contributed by atoms with Crippen LogP contribution in [0, 0.1) is 17.1 Å². The molecule has 0 bridgehead atoms. The van der Waals surface area contributed by atoms with Gasteiger partial charge in [0.2, 0.25) is 0 Å². The second kappa shape index (κ2) is 5.57. The topological polar surface area (TPSA) is 27.0 Å². The fraction of sp³-hybridized carbons (Fsp3) is 0.278. The summed E-state index contributed by atoms with van der Waals surface area (Å²) < 4.78 is 13.1. The van der Waals surface area contributed by atoms with Crippen LogP contribution in [0.3, 0.4) is 0 Å². The third-order valence-electron chi connectivity index (χ3n) is 4.35. The van der Waals surface area contributed by atoms with Crippen molar-refractivity contribution >= 4 is 5.69 Å². The van der Waals surface area contributed by atoms with Crippen LogP contribution in [0.1, 0.15) is 18.4 Å². The molecule has 0 spiro atoms. The Morgan fingerprint density at radius 3 is 2.14 bits per heavy atom. The van der Waals surface area contributed by atoms with Crippen LogP contribution in [0.15, 0.2) is 54.6 Å². The van der Waals surface area contributed by atoms with Crippen molar-refractivity contribution < 1.29 is 4.39 Å². The predicted molar refractivity (Wildman–Crippen MR) is 81.6 cm³/mol. The van der Waals surface area contributed by atoms with Crippen LogP contribution < -0.4 is 4.90 Å². The Kier molecular flexibility index (Phi) is 3.62. The Morgan fingerprint density at radius 1 is 0.952 bits per heavy atom. The number of rotatable bonds is 2. The van der Waals surface area contributed by atoms with Gasteiger partial charge in [0.05, 0.1) is 11.5 Å². The van der Waals surface area contributed by atoms with E-state index in [-0.39, 0.29) is 5.82 Å². The Bertz CT molecular complexity index is 635. The van der Waals surface area contributed by atoms with Gasteiger partial charge in [-0.05, 0) is 42.7 Å². The zero-order valence-corrected chi connectivity index (χ0v) is 11.8. The fourth-order valence-corrected chi connectivity index (χ4v) is 3.02. The highest BCUT2D eigenvalue weighted by Gasteiger charge is 2.36. The van der Waals surface area contributed by atoms with Gasteiger partial charge in [0.15, 0.2) is 0 Å². The molecule has 3 heteroatoms. The monoisotopic (exact) mass is 280 g/mol. The number of hydrogen-bond donors (Lipinski definition) is 0. The molecule has 1 saturated heterocycles. The van der Waals surface area contributed by atoms with Crippen molar-refractivity contribution in [2.75, 3.05) is 18.0 Å². The van der Waals surface area contributed by atoms with E-state index in [4.69, 9.17) is 0 Å². The predicted octanol–water partition coefficient (Wildman–Crippen LogP) is 3.89. The molecule has 3 rings (SSSR count). The van der Waals surface area contributed by atoms with Gasteiger partial charge in [0.1, 0.15) is 5.82 Å². The molecule has 0 radical (unpaired) electrons. The second-order valence-electron chi connectivity index (χ2n) is 5.52. The molecule has 1 heterocycles. The molecule has 0 atom stereocenters. The first-order valence-electron chi connectivity index (χ1n) is 7.21. The Labute approximate surface area is 124 Å². The van der Waals surface area contributed by atoms with Gasteiger partial charge < -0.3 is 4.90 Å². The van der Waals surface area contributed by atoms with Crippen molar-refractivity contribution in [2.24, 2.45) is 0 Å². The van der Waals surface area contributed by atoms with Gasteiger partial charge in [-0.25, -0.2) is 4.39 Å². The molecule has 0 aromatic heterocycles. The normalized spacial score (nSPS) is 17.2. The molecule has 0 amide bonds. The zero-order chi connectivity index (χ0) is 14.7. The molecule has 2 aromatic carbocycles. The lowest BCUT2D eigenvalue weighted by molar-refractivity contribution is 0.415. The van der Waals surface area contributed by atoms with Crippen LogP contribution in [-0.4, -0.2) is 13.1 Å². The summed E-state index contributed by atoms with van der Waals surface area (Å²) in [4.78, 5) is 2.30. The van der Waals surface area contributed by atoms with Gasteiger partial charge in [-0.2, -0.15) is 5.26 Å². The van der Waals surface area contributed by atoms with Crippen molar-refractivity contribution in [3.8, 4) is 6.07 Å². The number of piperidine rings is 1. The lowest BCUT2D eigenvalue weighted by Gasteiger charge is -2.38. The Balaban J connectivity index is 1.79. The van der Waals surface area contributed by atoms with Crippen LogP contribution >= 0.6 is 0 Å². The first-order chi connectivity index (χ1) is 10.2. The Hall–Kier alpha value is -2.34. The van der Waals surface area contributed by atoms with Crippen molar-refractivity contribution in [2.45, 2.75) is 18.3 Å². The fourth-order valence-electron chi connectivity index (χ4n) is 3.02. The standard InChI is InChI=1S/C18H17FN2/c19-16-8-6-15(7-9-16)18(14-20)10-12-21(13-11-18)17-4-2-1-3-5-17/h1-9H,10-13H2. The molecular formula is C18H17FN2. The average molecular weight is 280 g/mol. The summed E-state index contributed by atoms with van der Waals surface area (Å²) in [5.41, 5.74) is 1.64. The summed E-state index contributed by atoms with van der Waals surface area (Å²) in [6.45, 7) is 1.68. The molecule has 1 fully saturated rings. The number of halogens is 1.